The van der Waals surface area contributed by atoms with E-state index >= 15 is 0 Å². The second-order valence-corrected chi connectivity index (χ2v) is 5.52. The minimum atomic E-state index is 0.138. The van der Waals surface area contributed by atoms with Crippen LogP contribution in [0.15, 0.2) is 0 Å². The van der Waals surface area contributed by atoms with E-state index < -0.39 is 0 Å². The molecule has 96 valence electrons. The maximum Gasteiger partial charge on any atom is 0.198 e. The van der Waals surface area contributed by atoms with Gasteiger partial charge in [0.05, 0.1) is 6.10 Å². The van der Waals surface area contributed by atoms with Crippen LogP contribution in [0.3, 0.4) is 0 Å². The molecule has 2 N–H and O–H groups in total. The molecule has 0 unspecified atom stereocenters. The van der Waals surface area contributed by atoms with Gasteiger partial charge in [-0.1, -0.05) is 12.8 Å². The summed E-state index contributed by atoms with van der Waals surface area (Å²) in [6.45, 7) is 6.22. The van der Waals surface area contributed by atoms with Crippen LogP contribution in [0.4, 0.5) is 10.8 Å². The smallest absolute Gasteiger partial charge is 0.198 e. The summed E-state index contributed by atoms with van der Waals surface area (Å²) in [5.74, 6) is 1.31. The Morgan fingerprint density at radius 3 is 2.47 bits per heavy atom. The Kier molecular flexibility index (Phi) is 4.10. The molecular weight excluding hydrogens is 234 g/mol. The van der Waals surface area contributed by atoms with E-state index in [9.17, 15) is 0 Å². The van der Waals surface area contributed by atoms with Crippen LogP contribution in [0.2, 0.25) is 0 Å². The van der Waals surface area contributed by atoms with E-state index in [1.165, 1.54) is 37.2 Å². The van der Waals surface area contributed by atoms with Gasteiger partial charge in [0.2, 0.25) is 0 Å². The molecule has 1 aliphatic rings. The summed E-state index contributed by atoms with van der Waals surface area (Å²) in [6.07, 6.45) is 5.29. The Hall–Kier alpha value is -0.970. The van der Waals surface area contributed by atoms with Crippen molar-refractivity contribution in [1.29, 1.82) is 0 Å². The third kappa shape index (κ3) is 3.03. The third-order valence-corrected chi connectivity index (χ3v) is 3.81. The number of hydrogen-bond acceptors (Lipinski definition) is 5. The molecule has 0 saturated carbocycles. The zero-order valence-electron chi connectivity index (χ0n) is 10.6. The first kappa shape index (κ1) is 12.5. The van der Waals surface area contributed by atoms with Gasteiger partial charge in [0.1, 0.15) is 0 Å². The summed E-state index contributed by atoms with van der Waals surface area (Å²) < 4.78 is 10.0. The summed E-state index contributed by atoms with van der Waals surface area (Å²) in [4.78, 5) is 2.37. The van der Waals surface area contributed by atoms with Crippen molar-refractivity contribution in [2.75, 3.05) is 23.7 Å². The van der Waals surface area contributed by atoms with Crippen molar-refractivity contribution in [2.24, 2.45) is 0 Å². The molecule has 2 heterocycles. The van der Waals surface area contributed by atoms with E-state index in [-0.39, 0.29) is 6.10 Å². The lowest BCUT2D eigenvalue weighted by atomic mass is 10.2. The van der Waals surface area contributed by atoms with Gasteiger partial charge < -0.3 is 15.4 Å². The molecule has 1 aromatic rings. The molecule has 1 saturated heterocycles. The van der Waals surface area contributed by atoms with Crippen LogP contribution in [0.5, 0.6) is 5.75 Å². The zero-order valence-corrected chi connectivity index (χ0v) is 11.4. The van der Waals surface area contributed by atoms with Crippen LogP contribution >= 0.6 is 11.5 Å². The molecule has 0 bridgehead atoms. The van der Waals surface area contributed by atoms with Crippen molar-refractivity contribution in [3.8, 4) is 5.75 Å². The molecule has 0 radical (unpaired) electrons. The molecular formula is C12H21N3OS. The minimum Gasteiger partial charge on any atom is -0.484 e. The highest BCUT2D eigenvalue weighted by atomic mass is 32.1. The van der Waals surface area contributed by atoms with Crippen LogP contribution in [-0.2, 0) is 0 Å². The van der Waals surface area contributed by atoms with Crippen LogP contribution in [0, 0.1) is 0 Å². The van der Waals surface area contributed by atoms with Crippen LogP contribution in [0.25, 0.3) is 0 Å². The second kappa shape index (κ2) is 5.58. The first-order chi connectivity index (χ1) is 8.18. The van der Waals surface area contributed by atoms with Crippen molar-refractivity contribution < 1.29 is 4.74 Å². The molecule has 0 aromatic carbocycles. The molecule has 1 fully saturated rings. The number of hydrogen-bond donors (Lipinski definition) is 1. The average molecular weight is 255 g/mol. The van der Waals surface area contributed by atoms with Crippen molar-refractivity contribution in [2.45, 2.75) is 45.6 Å². The maximum absolute atomic E-state index is 5.88. The number of anilines is 2. The van der Waals surface area contributed by atoms with Gasteiger partial charge in [-0.2, -0.15) is 4.37 Å². The Balaban J connectivity index is 2.18. The number of rotatable bonds is 3. The van der Waals surface area contributed by atoms with Gasteiger partial charge in [0.25, 0.3) is 0 Å². The molecule has 2 rings (SSSR count). The molecule has 0 aliphatic carbocycles. The lowest BCUT2D eigenvalue weighted by Gasteiger charge is -2.22. The maximum atomic E-state index is 5.88. The molecule has 4 nitrogen and oxygen atoms in total. The van der Waals surface area contributed by atoms with E-state index in [1.54, 1.807) is 0 Å². The summed E-state index contributed by atoms with van der Waals surface area (Å²) in [5.41, 5.74) is 5.88. The first-order valence-electron chi connectivity index (χ1n) is 6.35. The monoisotopic (exact) mass is 255 g/mol. The Bertz CT molecular complexity index is 357. The van der Waals surface area contributed by atoms with Crippen molar-refractivity contribution in [1.82, 2.24) is 4.37 Å². The van der Waals surface area contributed by atoms with Gasteiger partial charge in [-0.15, -0.1) is 0 Å². The highest BCUT2D eigenvalue weighted by Gasteiger charge is 2.20. The molecule has 0 spiro atoms. The zero-order chi connectivity index (χ0) is 12.3. The standard InChI is InChI=1S/C12H21N3OS/c1-9(2)16-10-11(13)14-17-12(10)15-7-5-3-4-6-8-15/h9H,3-8H2,1-2H3,(H2,13,14). The fraction of sp³-hybridized carbons (Fsp3) is 0.750. The lowest BCUT2D eigenvalue weighted by molar-refractivity contribution is 0.245. The predicted molar refractivity (Wildman–Crippen MR) is 73.0 cm³/mol. The van der Waals surface area contributed by atoms with Gasteiger partial charge in [0, 0.05) is 13.1 Å². The number of nitrogen functional groups attached to an aromatic ring is 1. The van der Waals surface area contributed by atoms with E-state index in [0.29, 0.717) is 5.82 Å². The minimum absolute atomic E-state index is 0.138. The van der Waals surface area contributed by atoms with E-state index in [0.717, 1.165) is 23.8 Å². The number of nitrogens with zero attached hydrogens (tertiary/aromatic N) is 2. The van der Waals surface area contributed by atoms with Crippen LogP contribution < -0.4 is 15.4 Å². The van der Waals surface area contributed by atoms with Crippen molar-refractivity contribution in [3.05, 3.63) is 0 Å². The van der Waals surface area contributed by atoms with Gasteiger partial charge in [-0.3, -0.25) is 0 Å². The Labute approximate surface area is 107 Å². The van der Waals surface area contributed by atoms with E-state index in [1.807, 2.05) is 13.8 Å². The third-order valence-electron chi connectivity index (χ3n) is 2.90. The van der Waals surface area contributed by atoms with Gasteiger partial charge >= 0.3 is 0 Å². The SMILES string of the molecule is CC(C)Oc1c(N)nsc1N1CCCCCC1. The van der Waals surface area contributed by atoms with E-state index in [2.05, 4.69) is 9.27 Å². The second-order valence-electron chi connectivity index (χ2n) is 4.77. The molecule has 0 amide bonds. The number of ether oxygens (including phenoxy) is 1. The quantitative estimate of drug-likeness (QED) is 0.902. The fourth-order valence-corrected chi connectivity index (χ4v) is 2.91. The van der Waals surface area contributed by atoms with Gasteiger partial charge in [-0.05, 0) is 38.2 Å². The highest BCUT2D eigenvalue weighted by Crippen LogP contribution is 2.39. The van der Waals surface area contributed by atoms with Crippen molar-refractivity contribution in [3.63, 3.8) is 0 Å². The largest absolute Gasteiger partial charge is 0.484 e. The number of nitrogens with two attached hydrogens (primary N) is 1. The Morgan fingerprint density at radius 2 is 1.88 bits per heavy atom. The van der Waals surface area contributed by atoms with Crippen LogP contribution in [-0.4, -0.2) is 23.6 Å². The van der Waals surface area contributed by atoms with Gasteiger partial charge in [0.15, 0.2) is 16.6 Å². The molecule has 5 heteroatoms. The topological polar surface area (TPSA) is 51.4 Å². The molecule has 0 atom stereocenters. The van der Waals surface area contributed by atoms with Crippen LogP contribution in [0.1, 0.15) is 39.5 Å². The normalized spacial score (nSPS) is 17.2. The summed E-state index contributed by atoms with van der Waals surface area (Å²) in [6, 6.07) is 0. The van der Waals surface area contributed by atoms with Crippen molar-refractivity contribution >= 4 is 22.4 Å². The summed E-state index contributed by atoms with van der Waals surface area (Å²) >= 11 is 1.46. The van der Waals surface area contributed by atoms with Gasteiger partial charge in [-0.25, -0.2) is 0 Å². The number of aromatic nitrogens is 1. The summed E-state index contributed by atoms with van der Waals surface area (Å²) in [7, 11) is 0. The highest BCUT2D eigenvalue weighted by molar-refractivity contribution is 7.11. The lowest BCUT2D eigenvalue weighted by Crippen LogP contribution is -2.24. The molecule has 17 heavy (non-hydrogen) atoms. The predicted octanol–water partition coefficient (Wildman–Crippen LogP) is 2.89. The van der Waals surface area contributed by atoms with E-state index in [4.69, 9.17) is 10.5 Å². The molecule has 1 aromatic heterocycles. The Morgan fingerprint density at radius 1 is 1.24 bits per heavy atom. The average Bonchev–Trinajstić information content (AvgIpc) is 2.55. The first-order valence-corrected chi connectivity index (χ1v) is 7.12. The summed E-state index contributed by atoms with van der Waals surface area (Å²) in [5, 5.41) is 1.11. The molecule has 1 aliphatic heterocycles. The fourth-order valence-electron chi connectivity index (χ4n) is 2.11.